The van der Waals surface area contributed by atoms with Crippen LogP contribution in [0.4, 0.5) is 13.2 Å². The van der Waals surface area contributed by atoms with Crippen LogP contribution >= 0.6 is 11.3 Å². The fraction of sp³-hybridized carbons (Fsp3) is 0.421. The summed E-state index contributed by atoms with van der Waals surface area (Å²) in [6.07, 6.45) is -3.38. The van der Waals surface area contributed by atoms with Crippen molar-refractivity contribution in [3.8, 4) is 11.1 Å². The second-order valence-corrected chi connectivity index (χ2v) is 7.90. The fourth-order valence-electron chi connectivity index (χ4n) is 3.70. The Bertz CT molecular complexity index is 857. The number of hydrogen-bond acceptors (Lipinski definition) is 4. The van der Waals surface area contributed by atoms with E-state index in [4.69, 9.17) is 0 Å². The van der Waals surface area contributed by atoms with Crippen molar-refractivity contribution in [3.05, 3.63) is 46.7 Å². The van der Waals surface area contributed by atoms with E-state index in [1.165, 1.54) is 11.3 Å². The second-order valence-electron chi connectivity index (χ2n) is 6.90. The van der Waals surface area contributed by atoms with Crippen molar-refractivity contribution >= 4 is 17.2 Å². The van der Waals surface area contributed by atoms with Crippen LogP contribution in [0.15, 0.2) is 52.0 Å². The van der Waals surface area contributed by atoms with Crippen molar-refractivity contribution in [1.29, 1.82) is 0 Å². The van der Waals surface area contributed by atoms with Crippen molar-refractivity contribution in [2.24, 2.45) is 16.1 Å². The van der Waals surface area contributed by atoms with Gasteiger partial charge in [-0.1, -0.05) is 30.3 Å². The zero-order chi connectivity index (χ0) is 19.1. The van der Waals surface area contributed by atoms with Crippen LogP contribution in [0.3, 0.4) is 0 Å². The number of halogens is 3. The Morgan fingerprint density at radius 1 is 1.22 bits per heavy atom. The average molecular weight is 393 g/mol. The third-order valence-corrected chi connectivity index (χ3v) is 6.14. The minimum Gasteiger partial charge on any atom is -0.342 e. The Labute approximate surface area is 158 Å². The van der Waals surface area contributed by atoms with Crippen molar-refractivity contribution in [2.75, 3.05) is 13.1 Å². The normalized spacial score (nSPS) is 21.3. The Morgan fingerprint density at radius 2 is 1.96 bits per heavy atom. The van der Waals surface area contributed by atoms with Crippen LogP contribution in [0, 0.1) is 5.92 Å². The second kappa shape index (κ2) is 6.74. The number of thiophene rings is 1. The number of piperidine rings is 1. The zero-order valence-electron chi connectivity index (χ0n) is 14.4. The van der Waals surface area contributed by atoms with Crippen LogP contribution in [0.1, 0.15) is 17.7 Å². The van der Waals surface area contributed by atoms with Gasteiger partial charge in [-0.15, -0.1) is 21.6 Å². The lowest BCUT2D eigenvalue weighted by Crippen LogP contribution is -2.50. The van der Waals surface area contributed by atoms with Crippen LogP contribution < -0.4 is 0 Å². The van der Waals surface area contributed by atoms with Crippen LogP contribution in [-0.4, -0.2) is 35.7 Å². The summed E-state index contributed by atoms with van der Waals surface area (Å²) in [5.74, 6) is -0.926. The number of benzene rings is 1. The fourth-order valence-corrected chi connectivity index (χ4v) is 4.58. The quantitative estimate of drug-likeness (QED) is 0.727. The molecule has 4 nitrogen and oxygen atoms in total. The molecule has 0 aliphatic carbocycles. The number of rotatable bonds is 4. The predicted octanol–water partition coefficient (Wildman–Crippen LogP) is 4.92. The molecule has 142 valence electrons. The average Bonchev–Trinajstić information content (AvgIpc) is 3.37. The summed E-state index contributed by atoms with van der Waals surface area (Å²) >= 11 is 1.50. The molecule has 1 amide bonds. The molecule has 8 heteroatoms. The van der Waals surface area contributed by atoms with E-state index < -0.39 is 17.8 Å². The van der Waals surface area contributed by atoms with Gasteiger partial charge < -0.3 is 4.90 Å². The van der Waals surface area contributed by atoms with Gasteiger partial charge in [0.2, 0.25) is 5.91 Å². The smallest absolute Gasteiger partial charge is 0.342 e. The first-order chi connectivity index (χ1) is 12.9. The van der Waals surface area contributed by atoms with Gasteiger partial charge in [0.25, 0.3) is 5.66 Å². The van der Waals surface area contributed by atoms with Gasteiger partial charge >= 0.3 is 6.18 Å². The highest BCUT2D eigenvalue weighted by Gasteiger charge is 2.68. The van der Waals surface area contributed by atoms with Crippen LogP contribution in [0.2, 0.25) is 0 Å². The number of alkyl halides is 3. The van der Waals surface area contributed by atoms with E-state index in [2.05, 4.69) is 10.2 Å². The molecule has 1 atom stereocenters. The molecule has 0 radical (unpaired) electrons. The molecule has 1 fully saturated rings. The molecule has 2 aromatic rings. The molecule has 4 rings (SSSR count). The van der Waals surface area contributed by atoms with Crippen molar-refractivity contribution < 1.29 is 18.0 Å². The molecule has 1 aromatic heterocycles. The Balaban J connectivity index is 1.46. The standard InChI is InChI=1S/C19H18F3N3OS/c20-19(21,22)18(23-24-18)14-7-4-9-25(12-14)17(26)11-16-15(8-10-27-16)13-5-2-1-3-6-13/h1-3,5-6,8,10,14H,4,7,9,11-12H2. The summed E-state index contributed by atoms with van der Waals surface area (Å²) < 4.78 is 39.8. The largest absolute Gasteiger partial charge is 0.438 e. The number of carbonyl (C=O) groups is 1. The maximum absolute atomic E-state index is 13.3. The molecule has 3 heterocycles. The number of nitrogens with zero attached hydrogens (tertiary/aromatic N) is 3. The number of carbonyl (C=O) groups excluding carboxylic acids is 1. The van der Waals surface area contributed by atoms with Gasteiger partial charge in [0.05, 0.1) is 6.42 Å². The first-order valence-corrected chi connectivity index (χ1v) is 9.69. The third-order valence-electron chi connectivity index (χ3n) is 5.22. The lowest BCUT2D eigenvalue weighted by molar-refractivity contribution is -0.182. The van der Waals surface area contributed by atoms with Crippen molar-refractivity contribution in [3.63, 3.8) is 0 Å². The number of likely N-dealkylation sites (tertiary alicyclic amines) is 1. The summed E-state index contributed by atoms with van der Waals surface area (Å²) in [4.78, 5) is 15.3. The summed E-state index contributed by atoms with van der Waals surface area (Å²) in [5.41, 5.74) is -0.254. The Hall–Kier alpha value is -2.22. The van der Waals surface area contributed by atoms with Crippen LogP contribution in [-0.2, 0) is 11.2 Å². The molecule has 0 saturated carbocycles. The summed E-state index contributed by atoms with van der Waals surface area (Å²) in [5, 5.41) is 8.57. The van der Waals surface area contributed by atoms with Gasteiger partial charge in [0.15, 0.2) is 0 Å². The molecule has 1 unspecified atom stereocenters. The molecule has 0 bridgehead atoms. The molecule has 1 saturated heterocycles. The van der Waals surface area contributed by atoms with Crippen molar-refractivity contribution in [1.82, 2.24) is 4.90 Å². The topological polar surface area (TPSA) is 45.0 Å². The van der Waals surface area contributed by atoms with Crippen molar-refractivity contribution in [2.45, 2.75) is 31.1 Å². The minimum atomic E-state index is -4.49. The first kappa shape index (κ1) is 18.2. The van der Waals surface area contributed by atoms with Crippen LogP contribution in [0.25, 0.3) is 11.1 Å². The summed E-state index contributed by atoms with van der Waals surface area (Å²) in [6, 6.07) is 11.7. The highest BCUT2D eigenvalue weighted by molar-refractivity contribution is 7.10. The maximum atomic E-state index is 13.3. The summed E-state index contributed by atoms with van der Waals surface area (Å²) in [6.45, 7) is 0.534. The molecule has 1 aromatic carbocycles. The molecular formula is C19H18F3N3OS. The predicted molar refractivity (Wildman–Crippen MR) is 96.4 cm³/mol. The molecule has 0 spiro atoms. The highest BCUT2D eigenvalue weighted by Crippen LogP contribution is 2.51. The van der Waals surface area contributed by atoms with Gasteiger partial charge in [-0.25, -0.2) is 0 Å². The van der Waals surface area contributed by atoms with Gasteiger partial charge in [-0.05, 0) is 35.4 Å². The van der Waals surface area contributed by atoms with Gasteiger partial charge in [0.1, 0.15) is 0 Å². The van der Waals surface area contributed by atoms with Gasteiger partial charge in [-0.2, -0.15) is 13.2 Å². The Kier molecular flexibility index (Phi) is 4.53. The SMILES string of the molecule is O=C(Cc1sccc1-c1ccccc1)N1CCCC(C2(C(F)(F)F)N=N2)C1. The number of hydrogen-bond donors (Lipinski definition) is 0. The van der Waals surface area contributed by atoms with Gasteiger partial charge in [-0.3, -0.25) is 4.79 Å². The third kappa shape index (κ3) is 3.38. The Morgan fingerprint density at radius 3 is 2.63 bits per heavy atom. The molecule has 27 heavy (non-hydrogen) atoms. The first-order valence-electron chi connectivity index (χ1n) is 8.81. The molecule has 2 aliphatic heterocycles. The van der Waals surface area contributed by atoms with E-state index in [1.54, 1.807) is 4.90 Å². The minimum absolute atomic E-state index is 0.0530. The number of amides is 1. The van der Waals surface area contributed by atoms with E-state index in [0.717, 1.165) is 16.0 Å². The monoisotopic (exact) mass is 393 g/mol. The molecule has 0 N–H and O–H groups in total. The lowest BCUT2D eigenvalue weighted by Gasteiger charge is -2.35. The molecule has 2 aliphatic rings. The zero-order valence-corrected chi connectivity index (χ0v) is 15.3. The maximum Gasteiger partial charge on any atom is 0.438 e. The van der Waals surface area contributed by atoms with Crippen LogP contribution in [0.5, 0.6) is 0 Å². The van der Waals surface area contributed by atoms with E-state index in [1.807, 2.05) is 41.8 Å². The molecular weight excluding hydrogens is 375 g/mol. The summed E-state index contributed by atoms with van der Waals surface area (Å²) in [7, 11) is 0. The highest BCUT2D eigenvalue weighted by atomic mass is 32.1. The van der Waals surface area contributed by atoms with E-state index >= 15 is 0 Å². The van der Waals surface area contributed by atoms with E-state index in [-0.39, 0.29) is 18.9 Å². The van der Waals surface area contributed by atoms with Gasteiger partial charge in [0, 0.05) is 23.9 Å². The lowest BCUT2D eigenvalue weighted by atomic mass is 9.87. The van der Waals surface area contributed by atoms with E-state index in [0.29, 0.717) is 19.4 Å². The van der Waals surface area contributed by atoms with E-state index in [9.17, 15) is 18.0 Å².